The van der Waals surface area contributed by atoms with Crippen molar-refractivity contribution in [2.45, 2.75) is 19.8 Å². The van der Waals surface area contributed by atoms with E-state index in [2.05, 4.69) is 17.1 Å². The zero-order valence-corrected chi connectivity index (χ0v) is 15.2. The van der Waals surface area contributed by atoms with Gasteiger partial charge in [-0.05, 0) is 49.2 Å². The third-order valence-corrected chi connectivity index (χ3v) is 4.51. The van der Waals surface area contributed by atoms with Crippen LogP contribution in [0.5, 0.6) is 0 Å². The van der Waals surface area contributed by atoms with E-state index in [0.717, 1.165) is 40.2 Å². The van der Waals surface area contributed by atoms with Gasteiger partial charge in [0.25, 0.3) is 0 Å². The van der Waals surface area contributed by atoms with E-state index in [0.29, 0.717) is 12.3 Å². The average Bonchev–Trinajstić information content (AvgIpc) is 3.25. The van der Waals surface area contributed by atoms with Crippen LogP contribution < -0.4 is 0 Å². The fourth-order valence-corrected chi connectivity index (χ4v) is 3.12. The number of oxazole rings is 1. The Balaban J connectivity index is 1.57. The van der Waals surface area contributed by atoms with Gasteiger partial charge in [-0.3, -0.25) is 0 Å². The number of hydrogen-bond donors (Lipinski definition) is 1. The summed E-state index contributed by atoms with van der Waals surface area (Å²) in [6.45, 7) is 2.00. The summed E-state index contributed by atoms with van der Waals surface area (Å²) in [5.74, 6) is 2.31. The van der Waals surface area contributed by atoms with Crippen LogP contribution in [-0.4, -0.2) is 16.7 Å². The average molecular weight is 359 g/mol. The number of nitrogens with zero attached hydrogens (tertiary/aromatic N) is 1. The van der Waals surface area contributed by atoms with Gasteiger partial charge in [0.2, 0.25) is 5.89 Å². The molecule has 0 aliphatic carbocycles. The van der Waals surface area contributed by atoms with Crippen LogP contribution in [0.2, 0.25) is 0 Å². The second kappa shape index (κ2) is 7.64. The van der Waals surface area contributed by atoms with Gasteiger partial charge in [0.1, 0.15) is 17.1 Å². The molecule has 4 aromatic rings. The Hall–Kier alpha value is -3.11. The summed E-state index contributed by atoms with van der Waals surface area (Å²) in [6.07, 6.45) is 5.10. The van der Waals surface area contributed by atoms with Gasteiger partial charge in [0, 0.05) is 10.9 Å². The molecule has 0 radical (unpaired) electrons. The van der Waals surface area contributed by atoms with Gasteiger partial charge in [-0.1, -0.05) is 36.4 Å². The highest BCUT2D eigenvalue weighted by Crippen LogP contribution is 2.26. The number of furan rings is 1. The Labute approximate surface area is 157 Å². The maximum atomic E-state index is 8.84. The number of aliphatic hydroxyl groups excluding tert-OH is 1. The predicted molar refractivity (Wildman–Crippen MR) is 106 cm³/mol. The van der Waals surface area contributed by atoms with E-state index in [1.165, 1.54) is 5.56 Å². The number of aryl methyl sites for hydroxylation is 1. The first-order valence-electron chi connectivity index (χ1n) is 9.02. The minimum absolute atomic E-state index is 0.0696. The summed E-state index contributed by atoms with van der Waals surface area (Å²) >= 11 is 0. The van der Waals surface area contributed by atoms with Crippen LogP contribution in [0, 0.1) is 6.92 Å². The van der Waals surface area contributed by atoms with E-state index in [1.54, 1.807) is 6.08 Å². The molecule has 0 saturated carbocycles. The first-order valence-corrected chi connectivity index (χ1v) is 9.02. The molecule has 136 valence electrons. The normalized spacial score (nSPS) is 11.6. The summed E-state index contributed by atoms with van der Waals surface area (Å²) in [7, 11) is 0. The lowest BCUT2D eigenvalue weighted by Gasteiger charge is -1.95. The molecule has 27 heavy (non-hydrogen) atoms. The number of aromatic nitrogens is 1. The summed E-state index contributed by atoms with van der Waals surface area (Å²) < 4.78 is 11.8. The Morgan fingerprint density at radius 2 is 1.85 bits per heavy atom. The molecule has 0 fully saturated rings. The van der Waals surface area contributed by atoms with E-state index in [-0.39, 0.29) is 6.61 Å². The Morgan fingerprint density at radius 1 is 1.00 bits per heavy atom. The monoisotopic (exact) mass is 359 g/mol. The van der Waals surface area contributed by atoms with Crippen LogP contribution in [0.1, 0.15) is 22.8 Å². The molecule has 4 rings (SSSR count). The minimum Gasteiger partial charge on any atom is -0.461 e. The molecule has 4 nitrogen and oxygen atoms in total. The third-order valence-electron chi connectivity index (χ3n) is 4.51. The van der Waals surface area contributed by atoms with Gasteiger partial charge >= 0.3 is 0 Å². The lowest BCUT2D eigenvalue weighted by Crippen LogP contribution is -1.88. The SMILES string of the molecule is Cc1oc(-c2ccccc2)nc1Cc1cc2cc(CC=CCO)ccc2o1. The summed E-state index contributed by atoms with van der Waals surface area (Å²) in [5, 5.41) is 9.91. The molecule has 2 aromatic carbocycles. The van der Waals surface area contributed by atoms with E-state index in [1.807, 2.05) is 55.5 Å². The van der Waals surface area contributed by atoms with Crippen molar-refractivity contribution in [3.63, 3.8) is 0 Å². The van der Waals surface area contributed by atoms with Gasteiger partial charge in [-0.2, -0.15) is 0 Å². The fourth-order valence-electron chi connectivity index (χ4n) is 3.12. The molecule has 0 spiro atoms. The van der Waals surface area contributed by atoms with Gasteiger partial charge in [0.05, 0.1) is 18.7 Å². The molecule has 1 N–H and O–H groups in total. The molecule has 2 aromatic heterocycles. The van der Waals surface area contributed by atoms with Crippen LogP contribution in [0.4, 0.5) is 0 Å². The molecule has 0 bridgehead atoms. The van der Waals surface area contributed by atoms with E-state index < -0.39 is 0 Å². The maximum absolute atomic E-state index is 8.84. The maximum Gasteiger partial charge on any atom is 0.226 e. The molecule has 0 aliphatic rings. The number of benzene rings is 2. The van der Waals surface area contributed by atoms with Crippen LogP contribution >= 0.6 is 0 Å². The highest BCUT2D eigenvalue weighted by Gasteiger charge is 2.14. The van der Waals surface area contributed by atoms with Crippen LogP contribution in [-0.2, 0) is 12.8 Å². The van der Waals surface area contributed by atoms with Crippen molar-refractivity contribution in [1.29, 1.82) is 0 Å². The van der Waals surface area contributed by atoms with Crippen molar-refractivity contribution < 1.29 is 13.9 Å². The standard InChI is InChI=1S/C23H21NO3/c1-16-21(24-23(26-16)18-8-3-2-4-9-18)15-20-14-19-13-17(7-5-6-12-25)10-11-22(19)27-20/h2-6,8-11,13-14,25H,7,12,15H2,1H3. The highest BCUT2D eigenvalue weighted by atomic mass is 16.4. The van der Waals surface area contributed by atoms with Crippen molar-refractivity contribution in [2.24, 2.45) is 0 Å². The molecule has 0 amide bonds. The Bertz CT molecular complexity index is 1070. The van der Waals surface area contributed by atoms with Gasteiger partial charge < -0.3 is 13.9 Å². The third kappa shape index (κ3) is 3.86. The minimum atomic E-state index is 0.0696. The second-order valence-corrected chi connectivity index (χ2v) is 6.51. The summed E-state index contributed by atoms with van der Waals surface area (Å²) in [4.78, 5) is 4.65. The molecular formula is C23H21NO3. The van der Waals surface area contributed by atoms with Gasteiger partial charge in [-0.15, -0.1) is 0 Å². The highest BCUT2D eigenvalue weighted by molar-refractivity contribution is 5.78. The number of rotatable bonds is 6. The second-order valence-electron chi connectivity index (χ2n) is 6.51. The topological polar surface area (TPSA) is 59.4 Å². The van der Waals surface area contributed by atoms with Gasteiger partial charge in [0.15, 0.2) is 0 Å². The molecular weight excluding hydrogens is 338 g/mol. The number of aliphatic hydroxyl groups is 1. The molecule has 4 heteroatoms. The predicted octanol–water partition coefficient (Wildman–Crippen LogP) is 5.08. The zero-order chi connectivity index (χ0) is 18.6. The van der Waals surface area contributed by atoms with Crippen molar-refractivity contribution >= 4 is 11.0 Å². The number of fused-ring (bicyclic) bond motifs is 1. The molecule has 0 atom stereocenters. The van der Waals surface area contributed by atoms with Crippen molar-refractivity contribution in [3.8, 4) is 11.5 Å². The smallest absolute Gasteiger partial charge is 0.226 e. The van der Waals surface area contributed by atoms with Gasteiger partial charge in [-0.25, -0.2) is 4.98 Å². The Kier molecular flexibility index (Phi) is 4.90. The van der Waals surface area contributed by atoms with Crippen molar-refractivity contribution in [1.82, 2.24) is 4.98 Å². The molecule has 0 aliphatic heterocycles. The largest absolute Gasteiger partial charge is 0.461 e. The first kappa shape index (κ1) is 17.3. The zero-order valence-electron chi connectivity index (χ0n) is 15.2. The first-order chi connectivity index (χ1) is 13.2. The van der Waals surface area contributed by atoms with Crippen LogP contribution in [0.3, 0.4) is 0 Å². The summed E-state index contributed by atoms with van der Waals surface area (Å²) in [6, 6.07) is 18.1. The quantitative estimate of drug-likeness (QED) is 0.488. The van der Waals surface area contributed by atoms with E-state index >= 15 is 0 Å². The van der Waals surface area contributed by atoms with Crippen molar-refractivity contribution in [2.75, 3.05) is 6.61 Å². The fraction of sp³-hybridized carbons (Fsp3) is 0.174. The number of hydrogen-bond acceptors (Lipinski definition) is 4. The lowest BCUT2D eigenvalue weighted by atomic mass is 10.1. The van der Waals surface area contributed by atoms with Crippen molar-refractivity contribution in [3.05, 3.63) is 89.5 Å². The lowest BCUT2D eigenvalue weighted by molar-refractivity contribution is 0.342. The van der Waals surface area contributed by atoms with Crippen LogP contribution in [0.25, 0.3) is 22.4 Å². The number of allylic oxidation sites excluding steroid dienone is 1. The summed E-state index contributed by atoms with van der Waals surface area (Å²) in [5.41, 5.74) is 3.91. The molecule has 2 heterocycles. The molecule has 0 unspecified atom stereocenters. The van der Waals surface area contributed by atoms with E-state index in [4.69, 9.17) is 13.9 Å². The van der Waals surface area contributed by atoms with E-state index in [9.17, 15) is 0 Å². The van der Waals surface area contributed by atoms with Crippen LogP contribution in [0.15, 0.2) is 75.6 Å². The molecule has 0 saturated heterocycles. The Morgan fingerprint density at radius 3 is 2.67 bits per heavy atom.